The summed E-state index contributed by atoms with van der Waals surface area (Å²) in [6.07, 6.45) is 0.188. The van der Waals surface area contributed by atoms with E-state index in [2.05, 4.69) is 15.5 Å². The average Bonchev–Trinajstić information content (AvgIpc) is 2.17. The van der Waals surface area contributed by atoms with Crippen molar-refractivity contribution in [2.75, 3.05) is 32.7 Å². The van der Waals surface area contributed by atoms with Crippen LogP contribution in [0.2, 0.25) is 0 Å². The van der Waals surface area contributed by atoms with E-state index >= 15 is 0 Å². The highest BCUT2D eigenvalue weighted by Gasteiger charge is 2.15. The number of carbonyl (C=O) groups excluding carboxylic acids is 2. The van der Waals surface area contributed by atoms with Crippen molar-refractivity contribution >= 4 is 11.8 Å². The Balaban J connectivity index is 2.21. The normalized spacial score (nSPS) is 19.1. The highest BCUT2D eigenvalue weighted by Crippen LogP contribution is 1.93. The molecular formula is C10H20N4O2. The van der Waals surface area contributed by atoms with E-state index in [1.54, 1.807) is 6.92 Å². The highest BCUT2D eigenvalue weighted by atomic mass is 16.2. The van der Waals surface area contributed by atoms with Gasteiger partial charge in [0.15, 0.2) is 0 Å². The monoisotopic (exact) mass is 228 g/mol. The standard InChI is InChI=1S/C10H20N4O2/c1-8(6-9(11)15)13-10(16)7-14-4-2-12-3-5-14/h8,12H,2-7H2,1H3,(H2,11,15)(H,13,16). The van der Waals surface area contributed by atoms with Crippen molar-refractivity contribution < 1.29 is 9.59 Å². The summed E-state index contributed by atoms with van der Waals surface area (Å²) >= 11 is 0. The molecule has 16 heavy (non-hydrogen) atoms. The topological polar surface area (TPSA) is 87.5 Å². The third-order valence-electron chi connectivity index (χ3n) is 2.49. The summed E-state index contributed by atoms with van der Waals surface area (Å²) in [6.45, 7) is 5.79. The van der Waals surface area contributed by atoms with Crippen LogP contribution in [0.15, 0.2) is 0 Å². The van der Waals surface area contributed by atoms with Gasteiger partial charge in [0.25, 0.3) is 0 Å². The summed E-state index contributed by atoms with van der Waals surface area (Å²) in [5.74, 6) is -0.439. The second kappa shape index (κ2) is 6.44. The lowest BCUT2D eigenvalue weighted by Gasteiger charge is -2.27. The fourth-order valence-corrected chi connectivity index (χ4v) is 1.75. The molecular weight excluding hydrogens is 208 g/mol. The van der Waals surface area contributed by atoms with E-state index < -0.39 is 5.91 Å². The van der Waals surface area contributed by atoms with Crippen molar-refractivity contribution in [2.24, 2.45) is 5.73 Å². The second-order valence-electron chi connectivity index (χ2n) is 4.17. The van der Waals surface area contributed by atoms with E-state index in [-0.39, 0.29) is 18.4 Å². The molecule has 1 heterocycles. The van der Waals surface area contributed by atoms with Gasteiger partial charge < -0.3 is 16.4 Å². The molecule has 2 amide bonds. The molecule has 0 aromatic carbocycles. The molecule has 1 aliphatic rings. The molecule has 1 aliphatic heterocycles. The zero-order chi connectivity index (χ0) is 12.0. The molecule has 0 aromatic rings. The Kier molecular flexibility index (Phi) is 5.21. The van der Waals surface area contributed by atoms with Crippen molar-refractivity contribution in [3.05, 3.63) is 0 Å². The Bertz CT molecular complexity index is 251. The van der Waals surface area contributed by atoms with Crippen LogP contribution >= 0.6 is 0 Å². The van der Waals surface area contributed by atoms with E-state index in [9.17, 15) is 9.59 Å². The highest BCUT2D eigenvalue weighted by molar-refractivity contribution is 5.80. The molecule has 1 rings (SSSR count). The van der Waals surface area contributed by atoms with Gasteiger partial charge in [0.1, 0.15) is 0 Å². The number of nitrogens with zero attached hydrogens (tertiary/aromatic N) is 1. The summed E-state index contributed by atoms with van der Waals surface area (Å²) in [5, 5.41) is 5.98. The minimum Gasteiger partial charge on any atom is -0.370 e. The molecule has 0 aromatic heterocycles. The van der Waals surface area contributed by atoms with Gasteiger partial charge in [0.05, 0.1) is 6.54 Å². The van der Waals surface area contributed by atoms with E-state index in [1.165, 1.54) is 0 Å². The molecule has 0 bridgehead atoms. The zero-order valence-electron chi connectivity index (χ0n) is 9.66. The summed E-state index contributed by atoms with van der Waals surface area (Å²) < 4.78 is 0. The molecule has 92 valence electrons. The molecule has 1 atom stereocenters. The predicted octanol–water partition coefficient (Wildman–Crippen LogP) is -1.73. The van der Waals surface area contributed by atoms with Gasteiger partial charge in [-0.25, -0.2) is 0 Å². The molecule has 6 nitrogen and oxygen atoms in total. The first-order valence-electron chi connectivity index (χ1n) is 5.58. The molecule has 0 saturated carbocycles. The molecule has 6 heteroatoms. The molecule has 0 aliphatic carbocycles. The summed E-state index contributed by atoms with van der Waals surface area (Å²) in [6, 6.07) is -0.187. The summed E-state index contributed by atoms with van der Waals surface area (Å²) in [4.78, 5) is 24.3. The predicted molar refractivity (Wildman–Crippen MR) is 60.7 cm³/mol. The second-order valence-corrected chi connectivity index (χ2v) is 4.17. The molecule has 1 saturated heterocycles. The van der Waals surface area contributed by atoms with Crippen LogP contribution in [0.4, 0.5) is 0 Å². The number of nitrogens with two attached hydrogens (primary N) is 1. The minimum atomic E-state index is -0.394. The Morgan fingerprint density at radius 3 is 2.62 bits per heavy atom. The molecule has 0 spiro atoms. The smallest absolute Gasteiger partial charge is 0.234 e. The SMILES string of the molecule is CC(CC(N)=O)NC(=O)CN1CCNCC1. The third-order valence-corrected chi connectivity index (χ3v) is 2.49. The molecule has 0 radical (unpaired) electrons. The van der Waals surface area contributed by atoms with Crippen LogP contribution < -0.4 is 16.4 Å². The van der Waals surface area contributed by atoms with Gasteiger partial charge in [-0.1, -0.05) is 0 Å². The Morgan fingerprint density at radius 1 is 1.44 bits per heavy atom. The lowest BCUT2D eigenvalue weighted by Crippen LogP contribution is -2.49. The minimum absolute atomic E-state index is 0.0457. The summed E-state index contributed by atoms with van der Waals surface area (Å²) in [7, 11) is 0. The van der Waals surface area contributed by atoms with Gasteiger partial charge in [0, 0.05) is 38.6 Å². The number of amides is 2. The average molecular weight is 228 g/mol. The molecule has 4 N–H and O–H groups in total. The third kappa shape index (κ3) is 5.09. The first-order chi connectivity index (χ1) is 7.58. The Hall–Kier alpha value is -1.14. The largest absolute Gasteiger partial charge is 0.370 e. The van der Waals surface area contributed by atoms with Crippen molar-refractivity contribution in [1.82, 2.24) is 15.5 Å². The van der Waals surface area contributed by atoms with Gasteiger partial charge in [-0.2, -0.15) is 0 Å². The first kappa shape index (κ1) is 12.9. The molecule has 1 unspecified atom stereocenters. The molecule has 1 fully saturated rings. The van der Waals surface area contributed by atoms with Gasteiger partial charge in [0.2, 0.25) is 11.8 Å². The number of hydrogen-bond acceptors (Lipinski definition) is 4. The van der Waals surface area contributed by atoms with E-state index in [0.29, 0.717) is 6.54 Å². The van der Waals surface area contributed by atoms with Crippen molar-refractivity contribution in [1.29, 1.82) is 0 Å². The van der Waals surface area contributed by atoms with Crippen molar-refractivity contribution in [3.8, 4) is 0 Å². The van der Waals surface area contributed by atoms with Crippen LogP contribution in [0.5, 0.6) is 0 Å². The first-order valence-corrected chi connectivity index (χ1v) is 5.58. The Labute approximate surface area is 95.5 Å². The maximum atomic E-state index is 11.6. The van der Waals surface area contributed by atoms with Crippen LogP contribution in [0.3, 0.4) is 0 Å². The lowest BCUT2D eigenvalue weighted by atomic mass is 10.2. The van der Waals surface area contributed by atoms with E-state index in [0.717, 1.165) is 26.2 Å². The number of nitrogens with one attached hydrogen (secondary N) is 2. The van der Waals surface area contributed by atoms with Gasteiger partial charge in [-0.3, -0.25) is 14.5 Å². The maximum absolute atomic E-state index is 11.6. The van der Waals surface area contributed by atoms with Gasteiger partial charge in [-0.05, 0) is 6.92 Å². The number of piperazine rings is 1. The van der Waals surface area contributed by atoms with Crippen LogP contribution in [-0.4, -0.2) is 55.5 Å². The van der Waals surface area contributed by atoms with Gasteiger partial charge >= 0.3 is 0 Å². The summed E-state index contributed by atoms with van der Waals surface area (Å²) in [5.41, 5.74) is 5.04. The van der Waals surface area contributed by atoms with Crippen molar-refractivity contribution in [3.63, 3.8) is 0 Å². The van der Waals surface area contributed by atoms with Crippen LogP contribution in [0.25, 0.3) is 0 Å². The number of rotatable bonds is 5. The maximum Gasteiger partial charge on any atom is 0.234 e. The lowest BCUT2D eigenvalue weighted by molar-refractivity contribution is -0.123. The van der Waals surface area contributed by atoms with Crippen LogP contribution in [0.1, 0.15) is 13.3 Å². The fraction of sp³-hybridized carbons (Fsp3) is 0.800. The van der Waals surface area contributed by atoms with E-state index in [1.807, 2.05) is 0 Å². The van der Waals surface area contributed by atoms with Crippen molar-refractivity contribution in [2.45, 2.75) is 19.4 Å². The van der Waals surface area contributed by atoms with Crippen LogP contribution in [-0.2, 0) is 9.59 Å². The number of hydrogen-bond donors (Lipinski definition) is 3. The quantitative estimate of drug-likeness (QED) is 0.522. The Morgan fingerprint density at radius 2 is 2.06 bits per heavy atom. The number of carbonyl (C=O) groups is 2. The van der Waals surface area contributed by atoms with Crippen LogP contribution in [0, 0.1) is 0 Å². The van der Waals surface area contributed by atoms with E-state index in [4.69, 9.17) is 5.73 Å². The zero-order valence-corrected chi connectivity index (χ0v) is 9.66. The van der Waals surface area contributed by atoms with Gasteiger partial charge in [-0.15, -0.1) is 0 Å². The number of primary amides is 1. The fourth-order valence-electron chi connectivity index (χ4n) is 1.75.